The fraction of sp³-hybridized carbons (Fsp3) is 0.250. The molecule has 2 aromatic carbocycles. The zero-order chi connectivity index (χ0) is 14.7. The van der Waals surface area contributed by atoms with Crippen molar-refractivity contribution in [3.05, 3.63) is 69.2 Å². The second kappa shape index (κ2) is 6.33. The molecule has 0 saturated carbocycles. The van der Waals surface area contributed by atoms with Crippen LogP contribution in [0.1, 0.15) is 22.3 Å². The smallest absolute Gasteiger partial charge is 0.142 e. The second-order valence-electron chi connectivity index (χ2n) is 4.90. The number of hydrogen-bond donors (Lipinski definition) is 1. The summed E-state index contributed by atoms with van der Waals surface area (Å²) in [5, 5.41) is 3.33. The van der Waals surface area contributed by atoms with Crippen molar-refractivity contribution in [1.29, 1.82) is 0 Å². The molecule has 2 aromatic rings. The van der Waals surface area contributed by atoms with Gasteiger partial charge in [0.25, 0.3) is 0 Å². The number of aryl methyl sites for hydroxylation is 2. The molecule has 0 aromatic heterocycles. The molecular formula is C16H16ClF2N. The molecule has 0 aliphatic carbocycles. The molecule has 0 atom stereocenters. The third kappa shape index (κ3) is 3.56. The van der Waals surface area contributed by atoms with Gasteiger partial charge in [-0.25, -0.2) is 8.78 Å². The molecule has 0 spiro atoms. The van der Waals surface area contributed by atoms with Gasteiger partial charge in [0.1, 0.15) is 11.6 Å². The van der Waals surface area contributed by atoms with E-state index in [1.54, 1.807) is 26.0 Å². The predicted octanol–water partition coefficient (Wildman–Crippen LogP) is 4.52. The molecule has 1 N–H and O–H groups in total. The average molecular weight is 296 g/mol. The minimum absolute atomic E-state index is 0.124. The lowest BCUT2D eigenvalue weighted by atomic mass is 10.1. The van der Waals surface area contributed by atoms with Crippen molar-refractivity contribution in [2.45, 2.75) is 26.9 Å². The average Bonchev–Trinajstić information content (AvgIpc) is 2.40. The Labute approximate surface area is 122 Å². The Hall–Kier alpha value is -1.45. The van der Waals surface area contributed by atoms with Crippen molar-refractivity contribution in [3.63, 3.8) is 0 Å². The summed E-state index contributed by atoms with van der Waals surface area (Å²) in [4.78, 5) is 0. The third-order valence-electron chi connectivity index (χ3n) is 3.14. The standard InChI is InChI=1S/C16H16ClF2N/c1-10-5-13(6-11(2)16(10)19)9-20-8-12-3-4-14(17)15(18)7-12/h3-7,20H,8-9H2,1-2H3. The van der Waals surface area contributed by atoms with Crippen LogP contribution in [0, 0.1) is 25.5 Å². The molecule has 0 aliphatic rings. The lowest BCUT2D eigenvalue weighted by Crippen LogP contribution is -2.13. The molecule has 0 amide bonds. The van der Waals surface area contributed by atoms with Crippen LogP contribution in [0.15, 0.2) is 30.3 Å². The fourth-order valence-corrected chi connectivity index (χ4v) is 2.26. The van der Waals surface area contributed by atoms with E-state index in [9.17, 15) is 8.78 Å². The number of nitrogens with one attached hydrogen (secondary N) is 1. The van der Waals surface area contributed by atoms with Crippen molar-refractivity contribution >= 4 is 11.6 Å². The summed E-state index contributed by atoms with van der Waals surface area (Å²) in [6, 6.07) is 8.37. The lowest BCUT2D eigenvalue weighted by Gasteiger charge is -2.09. The molecule has 4 heteroatoms. The summed E-state index contributed by atoms with van der Waals surface area (Å²) in [6.07, 6.45) is 0. The summed E-state index contributed by atoms with van der Waals surface area (Å²) >= 11 is 5.63. The van der Waals surface area contributed by atoms with Crippen LogP contribution >= 0.6 is 11.6 Å². The van der Waals surface area contributed by atoms with Crippen molar-refractivity contribution in [2.24, 2.45) is 0 Å². The Kier molecular flexibility index (Phi) is 4.73. The normalized spacial score (nSPS) is 10.8. The lowest BCUT2D eigenvalue weighted by molar-refractivity contribution is 0.605. The Morgan fingerprint density at radius 2 is 1.55 bits per heavy atom. The summed E-state index contributed by atoms with van der Waals surface area (Å²) in [5.74, 6) is -0.576. The van der Waals surface area contributed by atoms with Gasteiger partial charge < -0.3 is 5.32 Å². The molecule has 0 saturated heterocycles. The number of hydrogen-bond acceptors (Lipinski definition) is 1. The first-order valence-corrected chi connectivity index (χ1v) is 6.75. The fourth-order valence-electron chi connectivity index (χ4n) is 2.14. The number of halogens is 3. The highest BCUT2D eigenvalue weighted by Gasteiger charge is 2.05. The van der Waals surface area contributed by atoms with Gasteiger partial charge in [-0.1, -0.05) is 29.8 Å². The molecule has 106 valence electrons. The van der Waals surface area contributed by atoms with Gasteiger partial charge in [-0.3, -0.25) is 0 Å². The van der Waals surface area contributed by atoms with Gasteiger partial charge in [0.2, 0.25) is 0 Å². The minimum atomic E-state index is -0.417. The van der Waals surface area contributed by atoms with Gasteiger partial charge >= 0.3 is 0 Å². The van der Waals surface area contributed by atoms with E-state index in [4.69, 9.17) is 11.6 Å². The van der Waals surface area contributed by atoms with Gasteiger partial charge in [0, 0.05) is 13.1 Å². The quantitative estimate of drug-likeness (QED) is 0.874. The summed E-state index contributed by atoms with van der Waals surface area (Å²) in [7, 11) is 0. The Morgan fingerprint density at radius 1 is 0.950 bits per heavy atom. The van der Waals surface area contributed by atoms with Gasteiger partial charge in [-0.15, -0.1) is 0 Å². The highest BCUT2D eigenvalue weighted by molar-refractivity contribution is 6.30. The van der Waals surface area contributed by atoms with Crippen LogP contribution in [0.25, 0.3) is 0 Å². The van der Waals surface area contributed by atoms with E-state index in [2.05, 4.69) is 5.32 Å². The van der Waals surface area contributed by atoms with Crippen LogP contribution in [0.3, 0.4) is 0 Å². The highest BCUT2D eigenvalue weighted by atomic mass is 35.5. The maximum atomic E-state index is 13.5. The minimum Gasteiger partial charge on any atom is -0.309 e. The van der Waals surface area contributed by atoms with E-state index >= 15 is 0 Å². The first-order chi connectivity index (χ1) is 9.47. The van der Waals surface area contributed by atoms with Crippen LogP contribution < -0.4 is 5.32 Å². The van der Waals surface area contributed by atoms with Crippen LogP contribution in [-0.4, -0.2) is 0 Å². The number of rotatable bonds is 4. The first-order valence-electron chi connectivity index (χ1n) is 6.37. The molecule has 0 unspecified atom stereocenters. The largest absolute Gasteiger partial charge is 0.309 e. The summed E-state index contributed by atoms with van der Waals surface area (Å²) in [6.45, 7) is 4.64. The molecule has 20 heavy (non-hydrogen) atoms. The van der Waals surface area contributed by atoms with Gasteiger partial charge in [0.15, 0.2) is 0 Å². The van der Waals surface area contributed by atoms with E-state index in [0.717, 1.165) is 11.1 Å². The molecule has 0 heterocycles. The zero-order valence-corrected chi connectivity index (χ0v) is 12.2. The molecule has 2 rings (SSSR count). The summed E-state index contributed by atoms with van der Waals surface area (Å²) in [5.41, 5.74) is 3.11. The van der Waals surface area contributed by atoms with Crippen molar-refractivity contribution in [1.82, 2.24) is 5.32 Å². The van der Waals surface area contributed by atoms with Crippen LogP contribution in [0.2, 0.25) is 5.02 Å². The zero-order valence-electron chi connectivity index (χ0n) is 11.4. The van der Waals surface area contributed by atoms with Gasteiger partial charge in [-0.2, -0.15) is 0 Å². The SMILES string of the molecule is Cc1cc(CNCc2ccc(Cl)c(F)c2)cc(C)c1F. The summed E-state index contributed by atoms with van der Waals surface area (Å²) < 4.78 is 26.8. The van der Waals surface area contributed by atoms with E-state index < -0.39 is 5.82 Å². The van der Waals surface area contributed by atoms with E-state index in [-0.39, 0.29) is 10.8 Å². The maximum absolute atomic E-state index is 13.5. The van der Waals surface area contributed by atoms with E-state index in [1.165, 1.54) is 6.07 Å². The van der Waals surface area contributed by atoms with Gasteiger partial charge in [0.05, 0.1) is 5.02 Å². The topological polar surface area (TPSA) is 12.0 Å². The third-order valence-corrected chi connectivity index (χ3v) is 3.45. The molecule has 0 radical (unpaired) electrons. The monoisotopic (exact) mass is 295 g/mol. The second-order valence-corrected chi connectivity index (χ2v) is 5.30. The molecule has 0 fully saturated rings. The van der Waals surface area contributed by atoms with E-state index in [0.29, 0.717) is 24.2 Å². The van der Waals surface area contributed by atoms with Crippen molar-refractivity contribution in [3.8, 4) is 0 Å². The highest BCUT2D eigenvalue weighted by Crippen LogP contribution is 2.16. The Balaban J connectivity index is 1.97. The molecular weight excluding hydrogens is 280 g/mol. The maximum Gasteiger partial charge on any atom is 0.142 e. The first kappa shape index (κ1) is 14.9. The molecule has 0 aliphatic heterocycles. The Bertz CT molecular complexity index is 603. The van der Waals surface area contributed by atoms with Gasteiger partial charge in [-0.05, 0) is 48.2 Å². The van der Waals surface area contributed by atoms with Crippen LogP contribution in [0.4, 0.5) is 8.78 Å². The van der Waals surface area contributed by atoms with E-state index in [1.807, 2.05) is 12.1 Å². The van der Waals surface area contributed by atoms with Crippen LogP contribution in [-0.2, 0) is 13.1 Å². The van der Waals surface area contributed by atoms with Crippen molar-refractivity contribution < 1.29 is 8.78 Å². The predicted molar refractivity (Wildman–Crippen MR) is 77.8 cm³/mol. The molecule has 0 bridgehead atoms. The Morgan fingerprint density at radius 3 is 2.15 bits per heavy atom. The van der Waals surface area contributed by atoms with Crippen LogP contribution in [0.5, 0.6) is 0 Å². The number of benzene rings is 2. The molecule has 1 nitrogen and oxygen atoms in total. The van der Waals surface area contributed by atoms with Crippen molar-refractivity contribution in [2.75, 3.05) is 0 Å².